The van der Waals surface area contributed by atoms with Crippen molar-refractivity contribution in [3.63, 3.8) is 0 Å². The number of anilines is 2. The van der Waals surface area contributed by atoms with E-state index in [1.54, 1.807) is 0 Å². The third-order valence-corrected chi connectivity index (χ3v) is 6.36. The number of hydrogen-bond acceptors (Lipinski definition) is 4. The number of carboxylic acids is 1. The summed E-state index contributed by atoms with van der Waals surface area (Å²) in [5, 5.41) is 13.6. The van der Waals surface area contributed by atoms with E-state index in [1.165, 1.54) is 6.33 Å². The van der Waals surface area contributed by atoms with Crippen LogP contribution in [0.3, 0.4) is 0 Å². The van der Waals surface area contributed by atoms with E-state index < -0.39 is 5.97 Å². The van der Waals surface area contributed by atoms with E-state index in [9.17, 15) is 9.90 Å². The Morgan fingerprint density at radius 2 is 1.95 bits per heavy atom. The van der Waals surface area contributed by atoms with Gasteiger partial charge < -0.3 is 0 Å². The summed E-state index contributed by atoms with van der Waals surface area (Å²) in [6, 6.07) is 0. The van der Waals surface area contributed by atoms with Gasteiger partial charge in [0, 0.05) is 0 Å². The first-order valence-corrected chi connectivity index (χ1v) is 8.51. The van der Waals surface area contributed by atoms with Crippen LogP contribution in [0.2, 0.25) is 0 Å². The van der Waals surface area contributed by atoms with Crippen LogP contribution in [0.4, 0.5) is 11.5 Å². The van der Waals surface area contributed by atoms with Crippen molar-refractivity contribution in [2.75, 3.05) is 5.32 Å². The number of fused-ring (bicyclic) bond motifs is 1. The van der Waals surface area contributed by atoms with Crippen molar-refractivity contribution in [1.29, 1.82) is 0 Å². The van der Waals surface area contributed by atoms with Crippen molar-refractivity contribution in [1.82, 2.24) is 15.0 Å². The van der Waals surface area contributed by atoms with Crippen LogP contribution in [0.15, 0.2) is 6.33 Å². The van der Waals surface area contributed by atoms with Crippen LogP contribution in [0.25, 0.3) is 11.0 Å². The third kappa shape index (κ3) is 2.23. The number of hydrogen-bond donors (Lipinski definition) is 3. The molecule has 3 aromatic rings. The molecule has 7 heteroatoms. The first-order valence-electron chi connectivity index (χ1n) is 6.80. The van der Waals surface area contributed by atoms with E-state index in [1.807, 2.05) is 27.7 Å². The zero-order valence-electron chi connectivity index (χ0n) is 12.7. The fraction of sp³-hybridized carbons (Fsp3) is 0.267. The molecule has 3 aromatic heterocycles. The minimum atomic E-state index is -0.838. The fourth-order valence-corrected chi connectivity index (χ4v) is 4.55. The summed E-state index contributed by atoms with van der Waals surface area (Å²) in [7, 11) is 0. The van der Waals surface area contributed by atoms with Crippen molar-refractivity contribution in [2.24, 2.45) is 0 Å². The topological polar surface area (TPSA) is 90.9 Å². The van der Waals surface area contributed by atoms with Gasteiger partial charge >= 0.3 is 133 Å². The molecule has 3 N–H and O–H groups in total. The maximum absolute atomic E-state index is 11.3. The molecule has 0 aliphatic heterocycles. The first-order chi connectivity index (χ1) is 10.4. The number of aromatic carboxylic acids is 1. The number of H-pyrrole nitrogens is 1. The quantitative estimate of drug-likeness (QED) is 0.623. The van der Waals surface area contributed by atoms with Crippen molar-refractivity contribution in [3.05, 3.63) is 32.0 Å². The summed E-state index contributed by atoms with van der Waals surface area (Å²) < 4.78 is 1.57. The van der Waals surface area contributed by atoms with Crippen LogP contribution in [-0.4, -0.2) is 40.5 Å². The van der Waals surface area contributed by atoms with Crippen molar-refractivity contribution in [3.8, 4) is 0 Å². The molecular formula is C15H16N4O2Se. The normalized spacial score (nSPS) is 11.1. The molecule has 0 amide bonds. The van der Waals surface area contributed by atoms with Crippen LogP contribution in [-0.2, 0) is 0 Å². The van der Waals surface area contributed by atoms with Gasteiger partial charge in [-0.15, -0.1) is 0 Å². The Hall–Kier alpha value is -2.11. The van der Waals surface area contributed by atoms with E-state index in [-0.39, 0.29) is 14.5 Å². The molecule has 22 heavy (non-hydrogen) atoms. The second-order valence-corrected chi connectivity index (χ2v) is 7.81. The molecule has 0 saturated carbocycles. The Kier molecular flexibility index (Phi) is 3.54. The van der Waals surface area contributed by atoms with Crippen LogP contribution < -0.4 is 5.32 Å². The van der Waals surface area contributed by atoms with Gasteiger partial charge in [0.2, 0.25) is 0 Å². The molecule has 0 aliphatic rings. The molecule has 0 radical (unpaired) electrons. The third-order valence-electron chi connectivity index (χ3n) is 3.85. The van der Waals surface area contributed by atoms with Gasteiger partial charge in [0.05, 0.1) is 0 Å². The van der Waals surface area contributed by atoms with Crippen molar-refractivity contribution < 1.29 is 9.90 Å². The average molecular weight is 363 g/mol. The zero-order valence-corrected chi connectivity index (χ0v) is 14.4. The molecular weight excluding hydrogens is 347 g/mol. The molecule has 3 heterocycles. The zero-order chi connectivity index (χ0) is 16.0. The van der Waals surface area contributed by atoms with Crippen LogP contribution in [0, 0.1) is 27.7 Å². The van der Waals surface area contributed by atoms with Gasteiger partial charge in [-0.25, -0.2) is 0 Å². The predicted octanol–water partition coefficient (Wildman–Crippen LogP) is 2.69. The molecule has 0 bridgehead atoms. The summed E-state index contributed by atoms with van der Waals surface area (Å²) in [4.78, 5) is 23.1. The molecule has 3 rings (SSSR count). The Labute approximate surface area is 133 Å². The van der Waals surface area contributed by atoms with Crippen molar-refractivity contribution >= 4 is 43.0 Å². The van der Waals surface area contributed by atoms with E-state index in [2.05, 4.69) is 20.3 Å². The first kappa shape index (κ1) is 14.8. The number of rotatable bonds is 3. The van der Waals surface area contributed by atoms with Crippen LogP contribution >= 0.6 is 0 Å². The van der Waals surface area contributed by atoms with Gasteiger partial charge in [0.25, 0.3) is 0 Å². The maximum atomic E-state index is 11.3. The second-order valence-electron chi connectivity index (χ2n) is 5.24. The van der Waals surface area contributed by atoms with Crippen LogP contribution in [0.1, 0.15) is 30.5 Å². The van der Waals surface area contributed by atoms with Gasteiger partial charge in [-0.05, 0) is 0 Å². The number of carbonyl (C=O) groups is 1. The number of nitrogens with zero attached hydrogens (tertiary/aromatic N) is 2. The van der Waals surface area contributed by atoms with E-state index >= 15 is 0 Å². The molecule has 0 saturated heterocycles. The van der Waals surface area contributed by atoms with Gasteiger partial charge in [0.1, 0.15) is 0 Å². The average Bonchev–Trinajstić information content (AvgIpc) is 2.91. The molecule has 0 aliphatic carbocycles. The number of aryl methyl sites for hydroxylation is 3. The molecule has 0 aromatic carbocycles. The monoisotopic (exact) mass is 364 g/mol. The summed E-state index contributed by atoms with van der Waals surface area (Å²) in [6.45, 7) is 7.83. The van der Waals surface area contributed by atoms with Gasteiger partial charge in [-0.3, -0.25) is 0 Å². The number of aromatic nitrogens is 3. The number of aromatic amines is 1. The van der Waals surface area contributed by atoms with Gasteiger partial charge in [-0.1, -0.05) is 0 Å². The minimum absolute atomic E-state index is 0.145. The number of carboxylic acid groups (broad SMARTS) is 1. The molecule has 114 valence electrons. The van der Waals surface area contributed by atoms with Crippen molar-refractivity contribution in [2.45, 2.75) is 27.7 Å². The molecule has 6 nitrogen and oxygen atoms in total. The van der Waals surface area contributed by atoms with E-state index in [0.717, 1.165) is 38.0 Å². The van der Waals surface area contributed by atoms with Crippen LogP contribution in [0.5, 0.6) is 0 Å². The number of nitrogens with one attached hydrogen (secondary N) is 2. The molecule has 0 fully saturated rings. The van der Waals surface area contributed by atoms with Gasteiger partial charge in [0.15, 0.2) is 0 Å². The molecule has 0 atom stereocenters. The SMILES string of the molecule is Cc1[nH]c2ncnc(Nc3c(C)[se]c(C(=O)O)c3C)c2c1C. The Morgan fingerprint density at radius 3 is 2.59 bits per heavy atom. The second kappa shape index (κ2) is 5.26. The fourth-order valence-electron chi connectivity index (χ4n) is 2.55. The summed E-state index contributed by atoms with van der Waals surface area (Å²) >= 11 is -0.145. The Bertz CT molecular complexity index is 895. The molecule has 0 unspecified atom stereocenters. The predicted molar refractivity (Wildman–Crippen MR) is 86.5 cm³/mol. The Balaban J connectivity index is 2.13. The van der Waals surface area contributed by atoms with E-state index in [0.29, 0.717) is 10.3 Å². The Morgan fingerprint density at radius 1 is 1.23 bits per heavy atom. The summed E-state index contributed by atoms with van der Waals surface area (Å²) in [5.41, 5.74) is 4.60. The van der Waals surface area contributed by atoms with E-state index in [4.69, 9.17) is 0 Å². The standard InChI is InChI=1S/C15H16N4O2Se/c1-6-8(3)18-13-10(6)14(17-5-16-13)19-11-7(2)12(15(20)21)22-9(11)4/h5H,1-4H3,(H,20,21)(H2,16,17,18,19). The summed E-state index contributed by atoms with van der Waals surface area (Å²) in [5.74, 6) is -0.127. The summed E-state index contributed by atoms with van der Waals surface area (Å²) in [6.07, 6.45) is 1.51. The van der Waals surface area contributed by atoms with Gasteiger partial charge in [-0.2, -0.15) is 0 Å². The molecule has 0 spiro atoms.